The van der Waals surface area contributed by atoms with Gasteiger partial charge in [0.15, 0.2) is 5.76 Å². The van der Waals surface area contributed by atoms with Crippen LogP contribution in [0.2, 0.25) is 0 Å². The molecular formula is C22H19NO5S2. The van der Waals surface area contributed by atoms with E-state index in [1.165, 1.54) is 35.6 Å². The molecule has 1 amide bonds. The molecule has 4 rings (SSSR count). The van der Waals surface area contributed by atoms with Crippen molar-refractivity contribution in [3.63, 3.8) is 0 Å². The van der Waals surface area contributed by atoms with E-state index < -0.39 is 15.7 Å². The van der Waals surface area contributed by atoms with E-state index in [9.17, 15) is 13.2 Å². The summed E-state index contributed by atoms with van der Waals surface area (Å²) < 4.78 is 36.5. The molecule has 8 heteroatoms. The normalized spacial score (nSPS) is 11.5. The van der Waals surface area contributed by atoms with E-state index in [1.54, 1.807) is 35.4 Å². The number of hydrogen-bond donors (Lipinski definition) is 0. The second kappa shape index (κ2) is 8.33. The molecule has 1 aromatic carbocycles. The summed E-state index contributed by atoms with van der Waals surface area (Å²) >= 11 is 1.53. The van der Waals surface area contributed by atoms with Crippen molar-refractivity contribution in [2.75, 3.05) is 0 Å². The summed E-state index contributed by atoms with van der Waals surface area (Å²) in [6, 6.07) is 16.6. The molecule has 0 atom stereocenters. The fraction of sp³-hybridized carbons (Fsp3) is 0.136. The molecule has 30 heavy (non-hydrogen) atoms. The molecule has 154 valence electrons. The lowest BCUT2D eigenvalue weighted by Crippen LogP contribution is -2.29. The van der Waals surface area contributed by atoms with Gasteiger partial charge in [-0.1, -0.05) is 23.8 Å². The summed E-state index contributed by atoms with van der Waals surface area (Å²) in [4.78, 5) is 15.8. The minimum Gasteiger partial charge on any atom is -0.467 e. The van der Waals surface area contributed by atoms with Gasteiger partial charge in [-0.15, -0.1) is 11.3 Å². The fourth-order valence-electron chi connectivity index (χ4n) is 2.95. The predicted molar refractivity (Wildman–Crippen MR) is 112 cm³/mol. The van der Waals surface area contributed by atoms with Crippen LogP contribution >= 0.6 is 11.3 Å². The van der Waals surface area contributed by atoms with Gasteiger partial charge in [-0.25, -0.2) is 8.42 Å². The lowest BCUT2D eigenvalue weighted by Gasteiger charge is -2.19. The molecule has 0 N–H and O–H groups in total. The van der Waals surface area contributed by atoms with E-state index in [1.807, 2.05) is 24.4 Å². The molecule has 0 saturated carbocycles. The van der Waals surface area contributed by atoms with Gasteiger partial charge in [0.25, 0.3) is 5.91 Å². The minimum absolute atomic E-state index is 0.0381. The van der Waals surface area contributed by atoms with Gasteiger partial charge in [-0.05, 0) is 54.8 Å². The minimum atomic E-state index is -3.85. The van der Waals surface area contributed by atoms with E-state index >= 15 is 0 Å². The number of rotatable bonds is 7. The molecule has 0 radical (unpaired) electrons. The molecule has 0 saturated heterocycles. The maximum atomic E-state index is 13.1. The number of nitrogens with zero attached hydrogens (tertiary/aromatic N) is 1. The largest absolute Gasteiger partial charge is 0.467 e. The van der Waals surface area contributed by atoms with Crippen LogP contribution in [0.1, 0.15) is 26.8 Å². The monoisotopic (exact) mass is 441 g/mol. The average Bonchev–Trinajstić information content (AvgIpc) is 3.50. The topological polar surface area (TPSA) is 80.7 Å². The Morgan fingerprint density at radius 3 is 2.47 bits per heavy atom. The Labute approximate surface area is 178 Å². The van der Waals surface area contributed by atoms with Gasteiger partial charge in [0.2, 0.25) is 14.9 Å². The molecule has 3 aromatic heterocycles. The summed E-state index contributed by atoms with van der Waals surface area (Å²) in [7, 11) is -3.85. The Balaban J connectivity index is 1.61. The zero-order valence-corrected chi connectivity index (χ0v) is 17.8. The zero-order valence-electron chi connectivity index (χ0n) is 16.1. The summed E-state index contributed by atoms with van der Waals surface area (Å²) in [6.07, 6.45) is 1.54. The van der Waals surface area contributed by atoms with Crippen LogP contribution in [-0.2, 0) is 22.9 Å². The second-order valence-corrected chi connectivity index (χ2v) is 9.67. The highest BCUT2D eigenvalue weighted by molar-refractivity contribution is 7.91. The van der Waals surface area contributed by atoms with Crippen molar-refractivity contribution in [3.8, 4) is 0 Å². The third-order valence-corrected chi connectivity index (χ3v) is 7.03. The van der Waals surface area contributed by atoms with Gasteiger partial charge >= 0.3 is 0 Å². The van der Waals surface area contributed by atoms with Crippen LogP contribution in [0.3, 0.4) is 0 Å². The van der Waals surface area contributed by atoms with Crippen LogP contribution in [0.5, 0.6) is 0 Å². The van der Waals surface area contributed by atoms with Gasteiger partial charge in [0.05, 0.1) is 24.2 Å². The van der Waals surface area contributed by atoms with Crippen molar-refractivity contribution in [1.82, 2.24) is 4.90 Å². The van der Waals surface area contributed by atoms with Crippen molar-refractivity contribution >= 4 is 27.1 Å². The second-order valence-electron chi connectivity index (χ2n) is 6.76. The van der Waals surface area contributed by atoms with Gasteiger partial charge in [0, 0.05) is 4.88 Å². The number of aryl methyl sites for hydroxylation is 1. The number of hydrogen-bond acceptors (Lipinski definition) is 6. The fourth-order valence-corrected chi connectivity index (χ4v) is 4.84. The van der Waals surface area contributed by atoms with Crippen LogP contribution in [0, 0.1) is 6.92 Å². The summed E-state index contributed by atoms with van der Waals surface area (Å²) in [5.74, 6) is 0.174. The van der Waals surface area contributed by atoms with Crippen molar-refractivity contribution in [1.29, 1.82) is 0 Å². The summed E-state index contributed by atoms with van der Waals surface area (Å²) in [5.41, 5.74) is 0.950. The Hall–Kier alpha value is -3.10. The third-order valence-electron chi connectivity index (χ3n) is 4.53. The number of carbonyl (C=O) groups excluding carboxylic acids is 1. The van der Waals surface area contributed by atoms with Crippen molar-refractivity contribution < 1.29 is 22.0 Å². The standard InChI is InChI=1S/C22H19NO5S2/c1-16-6-8-19(9-7-16)30(25,26)21-11-10-20(28-21)22(24)23(14-17-4-2-12-27-17)15-18-5-3-13-29-18/h2-13H,14-15H2,1H3. The first kappa shape index (κ1) is 20.2. The molecule has 0 bridgehead atoms. The molecule has 0 aliphatic carbocycles. The molecule has 0 unspecified atom stereocenters. The highest BCUT2D eigenvalue weighted by Crippen LogP contribution is 2.25. The number of furan rings is 2. The number of carbonyl (C=O) groups is 1. The van der Waals surface area contributed by atoms with Crippen LogP contribution < -0.4 is 0 Å². The van der Waals surface area contributed by atoms with Crippen LogP contribution in [0.4, 0.5) is 0 Å². The van der Waals surface area contributed by atoms with Crippen LogP contribution in [-0.4, -0.2) is 19.2 Å². The molecule has 0 spiro atoms. The van der Waals surface area contributed by atoms with Crippen molar-refractivity contribution in [3.05, 3.63) is 94.3 Å². The maximum absolute atomic E-state index is 13.1. The molecule has 0 aliphatic rings. The molecule has 6 nitrogen and oxygen atoms in total. The highest BCUT2D eigenvalue weighted by atomic mass is 32.2. The Morgan fingerprint density at radius 1 is 1.00 bits per heavy atom. The van der Waals surface area contributed by atoms with Crippen LogP contribution in [0.15, 0.2) is 91.1 Å². The number of amides is 1. The van der Waals surface area contributed by atoms with E-state index in [-0.39, 0.29) is 22.3 Å². The van der Waals surface area contributed by atoms with E-state index in [0.717, 1.165) is 10.4 Å². The zero-order chi connectivity index (χ0) is 21.1. The smallest absolute Gasteiger partial charge is 0.290 e. The Morgan fingerprint density at radius 2 is 1.80 bits per heavy atom. The summed E-state index contributed by atoms with van der Waals surface area (Å²) in [6.45, 7) is 2.48. The van der Waals surface area contributed by atoms with Gasteiger partial charge in [0.1, 0.15) is 5.76 Å². The number of thiophene rings is 1. The quantitative estimate of drug-likeness (QED) is 0.407. The molecule has 0 aliphatic heterocycles. The molecule has 0 fully saturated rings. The summed E-state index contributed by atoms with van der Waals surface area (Å²) in [5, 5.41) is 1.67. The third kappa shape index (κ3) is 4.24. The van der Waals surface area contributed by atoms with Crippen molar-refractivity contribution in [2.45, 2.75) is 30.0 Å². The molecule has 4 aromatic rings. The van der Waals surface area contributed by atoms with Gasteiger partial charge < -0.3 is 13.7 Å². The van der Waals surface area contributed by atoms with E-state index in [4.69, 9.17) is 8.83 Å². The first-order valence-corrected chi connectivity index (χ1v) is 11.6. The van der Waals surface area contributed by atoms with E-state index in [0.29, 0.717) is 12.3 Å². The predicted octanol–water partition coefficient (Wildman–Crippen LogP) is 4.92. The van der Waals surface area contributed by atoms with Gasteiger partial charge in [-0.3, -0.25) is 4.79 Å². The van der Waals surface area contributed by atoms with Gasteiger partial charge in [-0.2, -0.15) is 0 Å². The van der Waals surface area contributed by atoms with Crippen molar-refractivity contribution in [2.24, 2.45) is 0 Å². The lowest BCUT2D eigenvalue weighted by atomic mass is 10.2. The number of benzene rings is 1. The Kier molecular flexibility index (Phi) is 5.61. The highest BCUT2D eigenvalue weighted by Gasteiger charge is 2.26. The SMILES string of the molecule is Cc1ccc(S(=O)(=O)c2ccc(C(=O)N(Cc3ccco3)Cc3cccs3)o2)cc1. The first-order valence-electron chi connectivity index (χ1n) is 9.19. The van der Waals surface area contributed by atoms with E-state index in [2.05, 4.69) is 0 Å². The Bertz CT molecular complexity index is 1180. The lowest BCUT2D eigenvalue weighted by molar-refractivity contribution is 0.0681. The molecule has 3 heterocycles. The average molecular weight is 442 g/mol. The van der Waals surface area contributed by atoms with Crippen LogP contribution in [0.25, 0.3) is 0 Å². The maximum Gasteiger partial charge on any atom is 0.290 e. The number of sulfone groups is 1. The molecular weight excluding hydrogens is 422 g/mol. The first-order chi connectivity index (χ1) is 14.4.